The van der Waals surface area contributed by atoms with Crippen LogP contribution < -0.4 is 0 Å². The lowest BCUT2D eigenvalue weighted by Gasteiger charge is -2.28. The van der Waals surface area contributed by atoms with E-state index in [0.29, 0.717) is 17.8 Å². The predicted octanol–water partition coefficient (Wildman–Crippen LogP) is 8.06. The molecule has 0 radical (unpaired) electrons. The molecule has 3 atom stereocenters. The summed E-state index contributed by atoms with van der Waals surface area (Å²) in [7, 11) is 0. The lowest BCUT2D eigenvalue weighted by atomic mass is 9.76. The van der Waals surface area contributed by atoms with Gasteiger partial charge in [-0.1, -0.05) is 76.3 Å². The van der Waals surface area contributed by atoms with Gasteiger partial charge in [0.2, 0.25) is 0 Å². The van der Waals surface area contributed by atoms with Gasteiger partial charge in [-0.2, -0.15) is 12.6 Å². The molecule has 2 heteroatoms. The largest absolute Gasteiger partial charge is 0.295 e. The first kappa shape index (κ1) is 26.5. The number of thiol groups is 1. The third kappa shape index (κ3) is 7.13. The molecule has 0 aromatic heterocycles. The first-order valence-corrected chi connectivity index (χ1v) is 11.4. The van der Waals surface area contributed by atoms with Crippen LogP contribution in [0.25, 0.3) is 0 Å². The number of ketones is 1. The minimum absolute atomic E-state index is 0.132. The standard InChI is InChI=1S/C23H30O.C2H6.CH4S/c1-6-9-21(16(3)7-2)23-11-8-10-22(23)17(4)19-12-14-20(15-13-19)18(5)24;2*1-2/h6-7,9,12-15,17,22-23H,2,8,10-11H2,1,3-5H3;1-2H3;2H,1H3/b9-6-,21-16+;;. The Bertz CT molecular complexity index is 652. The van der Waals surface area contributed by atoms with Crippen LogP contribution in [0.3, 0.4) is 0 Å². The number of hydrogen-bond donors (Lipinski definition) is 1. The van der Waals surface area contributed by atoms with Crippen molar-refractivity contribution >= 4 is 18.4 Å². The van der Waals surface area contributed by atoms with E-state index in [9.17, 15) is 4.79 Å². The number of hydrogen-bond acceptors (Lipinski definition) is 2. The van der Waals surface area contributed by atoms with Gasteiger partial charge in [-0.15, -0.1) is 0 Å². The van der Waals surface area contributed by atoms with Crippen molar-refractivity contribution in [2.75, 3.05) is 6.26 Å². The van der Waals surface area contributed by atoms with Crippen LogP contribution in [0.4, 0.5) is 0 Å². The van der Waals surface area contributed by atoms with Crippen LogP contribution in [-0.4, -0.2) is 12.0 Å². The average molecular weight is 401 g/mol. The van der Waals surface area contributed by atoms with E-state index in [0.717, 1.165) is 5.56 Å². The molecule has 156 valence electrons. The minimum Gasteiger partial charge on any atom is -0.295 e. The van der Waals surface area contributed by atoms with Crippen molar-refractivity contribution < 1.29 is 4.79 Å². The van der Waals surface area contributed by atoms with Gasteiger partial charge in [-0.3, -0.25) is 4.79 Å². The van der Waals surface area contributed by atoms with Crippen molar-refractivity contribution in [3.8, 4) is 0 Å². The summed E-state index contributed by atoms with van der Waals surface area (Å²) in [6, 6.07) is 8.21. The molecular formula is C26H40OS. The zero-order valence-electron chi connectivity index (χ0n) is 19.0. The molecule has 1 aromatic carbocycles. The molecular weight excluding hydrogens is 360 g/mol. The zero-order chi connectivity index (χ0) is 21.7. The number of Topliss-reactive ketones (excluding diaryl/α,β-unsaturated/α-hetero) is 1. The van der Waals surface area contributed by atoms with Gasteiger partial charge in [0.05, 0.1) is 0 Å². The fourth-order valence-corrected chi connectivity index (χ4v) is 4.09. The van der Waals surface area contributed by atoms with E-state index in [2.05, 4.69) is 64.3 Å². The highest BCUT2D eigenvalue weighted by Gasteiger charge is 2.34. The number of benzene rings is 1. The highest BCUT2D eigenvalue weighted by Crippen LogP contribution is 2.46. The molecule has 0 saturated heterocycles. The molecule has 1 aliphatic rings. The van der Waals surface area contributed by atoms with E-state index < -0.39 is 0 Å². The Morgan fingerprint density at radius 1 is 1.14 bits per heavy atom. The molecule has 0 amide bonds. The maximum Gasteiger partial charge on any atom is 0.159 e. The summed E-state index contributed by atoms with van der Waals surface area (Å²) in [4.78, 5) is 11.5. The van der Waals surface area contributed by atoms with E-state index in [1.807, 2.05) is 32.1 Å². The molecule has 0 heterocycles. The summed E-state index contributed by atoms with van der Waals surface area (Å²) < 4.78 is 0. The second-order valence-corrected chi connectivity index (χ2v) is 7.01. The zero-order valence-corrected chi connectivity index (χ0v) is 19.9. The molecule has 1 saturated carbocycles. The minimum atomic E-state index is 0.132. The highest BCUT2D eigenvalue weighted by molar-refractivity contribution is 7.79. The van der Waals surface area contributed by atoms with E-state index in [4.69, 9.17) is 0 Å². The molecule has 0 N–H and O–H groups in total. The van der Waals surface area contributed by atoms with Gasteiger partial charge in [0, 0.05) is 5.56 Å². The van der Waals surface area contributed by atoms with Crippen LogP contribution in [-0.2, 0) is 0 Å². The molecule has 28 heavy (non-hydrogen) atoms. The third-order valence-corrected chi connectivity index (χ3v) is 5.56. The Labute approximate surface area is 179 Å². The maximum atomic E-state index is 11.5. The molecule has 3 unspecified atom stereocenters. The van der Waals surface area contributed by atoms with Crippen LogP contribution in [0.2, 0.25) is 0 Å². The van der Waals surface area contributed by atoms with Crippen molar-refractivity contribution in [3.63, 3.8) is 0 Å². The lowest BCUT2D eigenvalue weighted by molar-refractivity contribution is 0.101. The number of carbonyl (C=O) groups excluding carboxylic acids is 1. The Morgan fingerprint density at radius 3 is 2.18 bits per heavy atom. The Kier molecular flexibility index (Phi) is 13.7. The quantitative estimate of drug-likeness (QED) is 0.290. The van der Waals surface area contributed by atoms with Crippen molar-refractivity contribution in [1.82, 2.24) is 0 Å². The van der Waals surface area contributed by atoms with Crippen molar-refractivity contribution in [2.45, 2.75) is 66.7 Å². The second kappa shape index (κ2) is 14.5. The Balaban J connectivity index is 0.00000171. The van der Waals surface area contributed by atoms with Gasteiger partial charge < -0.3 is 0 Å². The molecule has 0 spiro atoms. The molecule has 1 nitrogen and oxygen atoms in total. The molecule has 0 bridgehead atoms. The topological polar surface area (TPSA) is 17.1 Å². The molecule has 0 aliphatic heterocycles. The number of allylic oxidation sites excluding steroid dienone is 5. The SMILES string of the molecule is C=C/C(C)=C(\C=C/C)C1CCCC1C(C)c1ccc(C(C)=O)cc1.CC.CS. The maximum absolute atomic E-state index is 11.5. The van der Waals surface area contributed by atoms with Gasteiger partial charge >= 0.3 is 0 Å². The summed E-state index contributed by atoms with van der Waals surface area (Å²) in [5, 5.41) is 0. The monoisotopic (exact) mass is 400 g/mol. The molecule has 1 aromatic rings. The Morgan fingerprint density at radius 2 is 1.71 bits per heavy atom. The summed E-state index contributed by atoms with van der Waals surface area (Å²) in [6.07, 6.45) is 11.9. The van der Waals surface area contributed by atoms with Crippen molar-refractivity contribution in [3.05, 3.63) is 71.3 Å². The number of rotatable bonds is 6. The van der Waals surface area contributed by atoms with Gasteiger partial charge in [0.15, 0.2) is 5.78 Å². The van der Waals surface area contributed by atoms with Gasteiger partial charge in [-0.25, -0.2) is 0 Å². The Hall–Kier alpha value is -1.54. The van der Waals surface area contributed by atoms with E-state index in [-0.39, 0.29) is 5.78 Å². The van der Waals surface area contributed by atoms with Crippen molar-refractivity contribution in [1.29, 1.82) is 0 Å². The van der Waals surface area contributed by atoms with Crippen LogP contribution in [0.1, 0.15) is 82.6 Å². The van der Waals surface area contributed by atoms with Gasteiger partial charge in [-0.05, 0) is 74.3 Å². The third-order valence-electron chi connectivity index (χ3n) is 5.56. The smallest absolute Gasteiger partial charge is 0.159 e. The van der Waals surface area contributed by atoms with Gasteiger partial charge in [0.1, 0.15) is 0 Å². The molecule has 1 fully saturated rings. The second-order valence-electron chi connectivity index (χ2n) is 7.01. The fourth-order valence-electron chi connectivity index (χ4n) is 4.09. The van der Waals surface area contributed by atoms with Crippen molar-refractivity contribution in [2.24, 2.45) is 11.8 Å². The molecule has 1 aliphatic carbocycles. The summed E-state index contributed by atoms with van der Waals surface area (Å²) >= 11 is 3.53. The van der Waals surface area contributed by atoms with Crippen LogP contribution >= 0.6 is 12.6 Å². The summed E-state index contributed by atoms with van der Waals surface area (Å²) in [5.74, 6) is 1.88. The molecule has 2 rings (SSSR count). The fraction of sp³-hybridized carbons (Fsp3) is 0.500. The predicted molar refractivity (Wildman–Crippen MR) is 130 cm³/mol. The van der Waals surface area contributed by atoms with E-state index in [1.54, 1.807) is 13.2 Å². The lowest BCUT2D eigenvalue weighted by Crippen LogP contribution is -2.17. The van der Waals surface area contributed by atoms with E-state index in [1.165, 1.54) is 36.0 Å². The van der Waals surface area contributed by atoms with Crippen LogP contribution in [0.5, 0.6) is 0 Å². The average Bonchev–Trinajstić information content (AvgIpc) is 3.23. The van der Waals surface area contributed by atoms with Gasteiger partial charge in [0.25, 0.3) is 0 Å². The summed E-state index contributed by atoms with van der Waals surface area (Å²) in [6.45, 7) is 16.2. The van der Waals surface area contributed by atoms with E-state index >= 15 is 0 Å². The van der Waals surface area contributed by atoms with Crippen LogP contribution in [0, 0.1) is 11.8 Å². The summed E-state index contributed by atoms with van der Waals surface area (Å²) in [5.41, 5.74) is 4.88. The van der Waals surface area contributed by atoms with Crippen LogP contribution in [0.15, 0.2) is 60.2 Å². The number of carbonyl (C=O) groups is 1. The normalized spacial score (nSPS) is 20.3. The first-order chi connectivity index (χ1) is 13.5. The highest BCUT2D eigenvalue weighted by atomic mass is 32.1. The first-order valence-electron chi connectivity index (χ1n) is 10.5.